The predicted octanol–water partition coefficient (Wildman–Crippen LogP) is 4.02. The van der Waals surface area contributed by atoms with Crippen molar-refractivity contribution in [1.82, 2.24) is 5.32 Å². The molecule has 3 heteroatoms. The lowest BCUT2D eigenvalue weighted by Crippen LogP contribution is -2.29. The van der Waals surface area contributed by atoms with E-state index in [4.69, 9.17) is 4.74 Å². The molecule has 1 N–H and O–H groups in total. The van der Waals surface area contributed by atoms with Crippen LogP contribution in [0.1, 0.15) is 44.7 Å². The Morgan fingerprint density at radius 1 is 1.32 bits per heavy atom. The van der Waals surface area contributed by atoms with Gasteiger partial charge in [-0.2, -0.15) is 11.8 Å². The smallest absolute Gasteiger partial charge is 0.120 e. The molecular weight excluding hydrogens is 254 g/mol. The predicted molar refractivity (Wildman–Crippen MR) is 84.1 cm³/mol. The largest absolute Gasteiger partial charge is 0.491 e. The molecule has 1 aromatic rings. The van der Waals surface area contributed by atoms with Crippen LogP contribution in [0, 0.1) is 0 Å². The van der Waals surface area contributed by atoms with E-state index < -0.39 is 0 Å². The van der Waals surface area contributed by atoms with Crippen LogP contribution in [0.5, 0.6) is 5.75 Å². The molecule has 0 aromatic heterocycles. The quantitative estimate of drug-likeness (QED) is 0.879. The molecule has 0 saturated carbocycles. The molecule has 1 aliphatic heterocycles. The summed E-state index contributed by atoms with van der Waals surface area (Å²) in [4.78, 5) is 0. The molecule has 106 valence electrons. The van der Waals surface area contributed by atoms with E-state index in [2.05, 4.69) is 56.2 Å². The highest BCUT2D eigenvalue weighted by molar-refractivity contribution is 8.00. The van der Waals surface area contributed by atoms with Crippen LogP contribution in [0.2, 0.25) is 0 Å². The third-order valence-electron chi connectivity index (χ3n) is 3.49. The Hall–Kier alpha value is -0.670. The average molecular weight is 279 g/mol. The molecule has 2 rings (SSSR count). The molecule has 0 bridgehead atoms. The van der Waals surface area contributed by atoms with E-state index in [0.29, 0.717) is 11.3 Å². The van der Waals surface area contributed by atoms with Gasteiger partial charge in [-0.3, -0.25) is 0 Å². The Labute approximate surface area is 121 Å². The molecule has 0 spiro atoms. The fourth-order valence-corrected chi connectivity index (χ4v) is 4.14. The van der Waals surface area contributed by atoms with Crippen molar-refractivity contribution in [1.29, 1.82) is 0 Å². The molecule has 0 radical (unpaired) electrons. The lowest BCUT2D eigenvalue weighted by Gasteiger charge is -2.30. The van der Waals surface area contributed by atoms with E-state index >= 15 is 0 Å². The highest BCUT2D eigenvalue weighted by Gasteiger charge is 2.24. The number of thioether (sulfide) groups is 1. The van der Waals surface area contributed by atoms with E-state index in [1.165, 1.54) is 30.6 Å². The first-order valence-electron chi connectivity index (χ1n) is 7.26. The topological polar surface area (TPSA) is 21.3 Å². The van der Waals surface area contributed by atoms with Crippen molar-refractivity contribution in [2.45, 2.75) is 50.5 Å². The van der Waals surface area contributed by atoms with Crippen LogP contribution in [0.15, 0.2) is 24.3 Å². The van der Waals surface area contributed by atoms with Crippen LogP contribution in [-0.4, -0.2) is 24.2 Å². The normalized spacial score (nSPS) is 21.4. The first-order chi connectivity index (χ1) is 9.20. The summed E-state index contributed by atoms with van der Waals surface area (Å²) in [7, 11) is 2.07. The molecule has 0 amide bonds. The summed E-state index contributed by atoms with van der Waals surface area (Å²) in [6, 6.07) is 8.98. The van der Waals surface area contributed by atoms with Gasteiger partial charge in [-0.25, -0.2) is 0 Å². The van der Waals surface area contributed by atoms with Crippen molar-refractivity contribution >= 4 is 11.8 Å². The molecule has 19 heavy (non-hydrogen) atoms. The van der Waals surface area contributed by atoms with E-state index in [1.54, 1.807) is 0 Å². The second-order valence-corrected chi connectivity index (χ2v) is 6.76. The molecule has 2 nitrogen and oxygen atoms in total. The van der Waals surface area contributed by atoms with Gasteiger partial charge in [-0.15, -0.1) is 0 Å². The van der Waals surface area contributed by atoms with Gasteiger partial charge in [0, 0.05) is 11.3 Å². The maximum absolute atomic E-state index is 5.80. The zero-order chi connectivity index (χ0) is 13.7. The number of hydrogen-bond acceptors (Lipinski definition) is 3. The third kappa shape index (κ3) is 4.15. The minimum atomic E-state index is 0.229. The molecule has 1 fully saturated rings. The fraction of sp³-hybridized carbons (Fsp3) is 0.625. The minimum Gasteiger partial charge on any atom is -0.491 e. The molecular formula is C16H25NOS. The second-order valence-electron chi connectivity index (χ2n) is 5.41. The first-order valence-corrected chi connectivity index (χ1v) is 8.31. The van der Waals surface area contributed by atoms with Gasteiger partial charge in [0.1, 0.15) is 5.75 Å². The van der Waals surface area contributed by atoms with Gasteiger partial charge in [0.2, 0.25) is 0 Å². The van der Waals surface area contributed by atoms with Crippen LogP contribution in [-0.2, 0) is 0 Å². The maximum Gasteiger partial charge on any atom is 0.120 e. The third-order valence-corrected chi connectivity index (χ3v) is 4.95. The monoisotopic (exact) mass is 279 g/mol. The van der Waals surface area contributed by atoms with E-state index in [1.807, 2.05) is 6.07 Å². The summed E-state index contributed by atoms with van der Waals surface area (Å²) in [5.74, 6) is 2.28. The van der Waals surface area contributed by atoms with Gasteiger partial charge in [0.05, 0.1) is 6.10 Å². The van der Waals surface area contributed by atoms with Crippen molar-refractivity contribution in [2.75, 3.05) is 12.8 Å². The van der Waals surface area contributed by atoms with E-state index in [0.717, 1.165) is 5.75 Å². The van der Waals surface area contributed by atoms with Crippen molar-refractivity contribution in [3.63, 3.8) is 0 Å². The standard InChI is InChI=1S/C16H25NOS/c1-12(2)18-14-8-6-7-13(11-14)16(17-3)15-9-4-5-10-19-15/h6-8,11-12,15-17H,4-5,9-10H2,1-3H3. The number of nitrogens with one attached hydrogen (secondary N) is 1. The molecule has 0 aliphatic carbocycles. The van der Waals surface area contributed by atoms with Crippen molar-refractivity contribution in [2.24, 2.45) is 0 Å². The van der Waals surface area contributed by atoms with E-state index in [-0.39, 0.29) is 6.10 Å². The zero-order valence-corrected chi connectivity index (χ0v) is 13.0. The number of rotatable bonds is 5. The number of ether oxygens (including phenoxy) is 1. The van der Waals surface area contributed by atoms with Gasteiger partial charge in [0.25, 0.3) is 0 Å². The Morgan fingerprint density at radius 3 is 2.79 bits per heavy atom. The molecule has 1 aliphatic rings. The molecule has 2 atom stereocenters. The van der Waals surface area contributed by atoms with Crippen LogP contribution in [0.4, 0.5) is 0 Å². The summed E-state index contributed by atoms with van der Waals surface area (Å²) in [6.07, 6.45) is 4.27. The molecule has 2 unspecified atom stereocenters. The van der Waals surface area contributed by atoms with Crippen LogP contribution in [0.3, 0.4) is 0 Å². The van der Waals surface area contributed by atoms with Gasteiger partial charge >= 0.3 is 0 Å². The van der Waals surface area contributed by atoms with Crippen LogP contribution >= 0.6 is 11.8 Å². The average Bonchev–Trinajstić information content (AvgIpc) is 2.40. The molecule has 1 heterocycles. The summed E-state index contributed by atoms with van der Waals surface area (Å²) in [5, 5.41) is 4.18. The zero-order valence-electron chi connectivity index (χ0n) is 12.2. The summed E-state index contributed by atoms with van der Waals surface area (Å²) < 4.78 is 5.80. The van der Waals surface area contributed by atoms with Crippen molar-refractivity contribution < 1.29 is 4.74 Å². The first kappa shape index (κ1) is 14.7. The number of hydrogen-bond donors (Lipinski definition) is 1. The van der Waals surface area contributed by atoms with Crippen LogP contribution in [0.25, 0.3) is 0 Å². The van der Waals surface area contributed by atoms with Gasteiger partial charge in [0.15, 0.2) is 0 Å². The SMILES string of the molecule is CNC(c1cccc(OC(C)C)c1)C1CCCCS1. The summed E-state index contributed by atoms with van der Waals surface area (Å²) in [5.41, 5.74) is 1.35. The Kier molecular flexibility index (Phi) is 5.59. The highest BCUT2D eigenvalue weighted by Crippen LogP contribution is 2.35. The molecule has 1 saturated heterocycles. The molecule has 1 aromatic carbocycles. The highest BCUT2D eigenvalue weighted by atomic mass is 32.2. The Bertz CT molecular complexity index is 388. The van der Waals surface area contributed by atoms with Crippen molar-refractivity contribution in [3.8, 4) is 5.75 Å². The van der Waals surface area contributed by atoms with Gasteiger partial charge in [-0.1, -0.05) is 18.6 Å². The lowest BCUT2D eigenvalue weighted by atomic mass is 9.99. The number of benzene rings is 1. The lowest BCUT2D eigenvalue weighted by molar-refractivity contribution is 0.242. The summed E-state index contributed by atoms with van der Waals surface area (Å²) in [6.45, 7) is 4.14. The van der Waals surface area contributed by atoms with Gasteiger partial charge < -0.3 is 10.1 Å². The van der Waals surface area contributed by atoms with E-state index in [9.17, 15) is 0 Å². The maximum atomic E-state index is 5.80. The Balaban J connectivity index is 2.12. The second kappa shape index (κ2) is 7.20. The Morgan fingerprint density at radius 2 is 2.16 bits per heavy atom. The van der Waals surface area contributed by atoms with Crippen molar-refractivity contribution in [3.05, 3.63) is 29.8 Å². The van der Waals surface area contributed by atoms with Gasteiger partial charge in [-0.05, 0) is 57.2 Å². The fourth-order valence-electron chi connectivity index (χ4n) is 2.65. The minimum absolute atomic E-state index is 0.229. The van der Waals surface area contributed by atoms with Crippen LogP contribution < -0.4 is 10.1 Å². The summed E-state index contributed by atoms with van der Waals surface area (Å²) >= 11 is 2.11.